The Kier molecular flexibility index (Phi) is 7.21. The number of pyridine rings is 1. The molecule has 172 valence electrons. The molecule has 1 aliphatic heterocycles. The molecule has 1 N–H and O–H groups in total. The lowest BCUT2D eigenvalue weighted by molar-refractivity contribution is -0.921. The lowest BCUT2D eigenvalue weighted by atomic mass is 9.86. The summed E-state index contributed by atoms with van der Waals surface area (Å²) in [5.41, 5.74) is 0.454. The third-order valence-electron chi connectivity index (χ3n) is 7.03. The van der Waals surface area contributed by atoms with Gasteiger partial charge in [0, 0.05) is 31.7 Å². The number of hydrogen-bond acceptors (Lipinski definition) is 4. The molecule has 1 saturated heterocycles. The van der Waals surface area contributed by atoms with Crippen LogP contribution in [-0.4, -0.2) is 53.3 Å². The van der Waals surface area contributed by atoms with Gasteiger partial charge in [-0.15, -0.1) is 0 Å². The number of aromatic nitrogens is 1. The Hall–Kier alpha value is -3.02. The molecular formula is C28H33N2O3+. The van der Waals surface area contributed by atoms with Crippen LogP contribution in [0, 0.1) is 0 Å². The first-order chi connectivity index (χ1) is 16.0. The predicted octanol–water partition coefficient (Wildman–Crippen LogP) is 4.10. The van der Waals surface area contributed by atoms with E-state index in [9.17, 15) is 9.90 Å². The molecule has 0 saturated carbocycles. The lowest BCUT2D eigenvalue weighted by Crippen LogP contribution is -2.51. The van der Waals surface area contributed by atoms with Gasteiger partial charge >= 0.3 is 5.97 Å². The second kappa shape index (κ2) is 10.3. The molecule has 1 unspecified atom stereocenters. The van der Waals surface area contributed by atoms with Crippen molar-refractivity contribution in [2.45, 2.75) is 37.3 Å². The van der Waals surface area contributed by atoms with Crippen molar-refractivity contribution in [2.75, 3.05) is 26.7 Å². The Bertz CT molecular complexity index is 987. The van der Waals surface area contributed by atoms with Crippen LogP contribution in [0.15, 0.2) is 85.2 Å². The maximum absolute atomic E-state index is 13.3. The number of quaternary nitrogens is 1. The molecule has 1 fully saturated rings. The Balaban J connectivity index is 1.43. The van der Waals surface area contributed by atoms with E-state index in [1.165, 1.54) is 5.56 Å². The molecule has 3 aromatic rings. The van der Waals surface area contributed by atoms with Crippen LogP contribution in [-0.2, 0) is 21.6 Å². The van der Waals surface area contributed by atoms with Crippen molar-refractivity contribution >= 4 is 5.97 Å². The molecule has 2 aromatic carbocycles. The van der Waals surface area contributed by atoms with Crippen LogP contribution in [0.2, 0.25) is 0 Å². The first kappa shape index (κ1) is 23.1. The molecular weight excluding hydrogens is 412 g/mol. The summed E-state index contributed by atoms with van der Waals surface area (Å²) in [4.78, 5) is 17.5. The van der Waals surface area contributed by atoms with Crippen LogP contribution >= 0.6 is 0 Å². The zero-order valence-corrected chi connectivity index (χ0v) is 19.3. The average Bonchev–Trinajstić information content (AvgIpc) is 3.23. The fourth-order valence-electron chi connectivity index (χ4n) is 4.97. The van der Waals surface area contributed by atoms with Gasteiger partial charge in [0.1, 0.15) is 12.6 Å². The Labute approximate surface area is 196 Å². The number of likely N-dealkylation sites (tertiary alicyclic amines) is 1. The van der Waals surface area contributed by atoms with Crippen molar-refractivity contribution in [1.29, 1.82) is 0 Å². The number of rotatable bonds is 9. The number of aliphatic hydroxyl groups is 1. The van der Waals surface area contributed by atoms with Gasteiger partial charge in [0.15, 0.2) is 0 Å². The first-order valence-corrected chi connectivity index (χ1v) is 11.8. The molecule has 0 amide bonds. The highest BCUT2D eigenvalue weighted by Crippen LogP contribution is 2.32. The van der Waals surface area contributed by atoms with E-state index in [1.807, 2.05) is 48.7 Å². The van der Waals surface area contributed by atoms with Crippen molar-refractivity contribution in [1.82, 2.24) is 4.98 Å². The number of likely N-dealkylation sites (N-methyl/N-ethyl adjacent to an activating group) is 1. The topological polar surface area (TPSA) is 59.4 Å². The van der Waals surface area contributed by atoms with Gasteiger partial charge in [-0.25, -0.2) is 4.79 Å². The first-order valence-electron chi connectivity index (χ1n) is 11.8. The fourth-order valence-corrected chi connectivity index (χ4v) is 4.97. The summed E-state index contributed by atoms with van der Waals surface area (Å²) in [6.07, 6.45) is 7.92. The molecule has 5 nitrogen and oxygen atoms in total. The number of aryl methyl sites for hydroxylation is 1. The highest BCUT2D eigenvalue weighted by atomic mass is 16.6. The van der Waals surface area contributed by atoms with Crippen LogP contribution < -0.4 is 0 Å². The number of carbonyl (C=O) groups is 1. The largest absolute Gasteiger partial charge is 0.457 e. The van der Waals surface area contributed by atoms with Gasteiger partial charge < -0.3 is 14.3 Å². The molecule has 0 aliphatic carbocycles. The smallest absolute Gasteiger partial charge is 0.347 e. The summed E-state index contributed by atoms with van der Waals surface area (Å²) in [5, 5.41) is 11.6. The molecule has 0 spiro atoms. The molecule has 1 aliphatic rings. The minimum atomic E-state index is -1.83. The zero-order valence-electron chi connectivity index (χ0n) is 19.3. The molecule has 1 aromatic heterocycles. The fraction of sp³-hybridized carbons (Fsp3) is 0.357. The van der Waals surface area contributed by atoms with Gasteiger partial charge in [0.2, 0.25) is 5.60 Å². The molecule has 2 heterocycles. The van der Waals surface area contributed by atoms with Crippen molar-refractivity contribution in [2.24, 2.45) is 0 Å². The second-order valence-corrected chi connectivity index (χ2v) is 9.23. The van der Waals surface area contributed by atoms with E-state index in [1.54, 1.807) is 30.5 Å². The van der Waals surface area contributed by atoms with Gasteiger partial charge in [-0.3, -0.25) is 4.98 Å². The van der Waals surface area contributed by atoms with Crippen LogP contribution in [0.1, 0.15) is 36.0 Å². The maximum atomic E-state index is 13.3. The van der Waals surface area contributed by atoms with Crippen molar-refractivity contribution < 1.29 is 19.1 Å². The third kappa shape index (κ3) is 5.15. The van der Waals surface area contributed by atoms with Crippen LogP contribution in [0.3, 0.4) is 0 Å². The van der Waals surface area contributed by atoms with Crippen molar-refractivity contribution in [3.63, 3.8) is 0 Å². The number of esters is 1. The van der Waals surface area contributed by atoms with Gasteiger partial charge in [0.25, 0.3) is 0 Å². The van der Waals surface area contributed by atoms with Gasteiger partial charge in [-0.1, -0.05) is 66.7 Å². The van der Waals surface area contributed by atoms with Gasteiger partial charge in [0.05, 0.1) is 20.1 Å². The number of benzene rings is 2. The van der Waals surface area contributed by atoms with E-state index in [2.05, 4.69) is 18.1 Å². The van der Waals surface area contributed by atoms with E-state index in [0.717, 1.165) is 43.3 Å². The molecule has 0 radical (unpaired) electrons. The predicted molar refractivity (Wildman–Crippen MR) is 128 cm³/mol. The minimum Gasteiger partial charge on any atom is -0.457 e. The Morgan fingerprint density at radius 1 is 1.06 bits per heavy atom. The molecule has 5 heteroatoms. The Morgan fingerprint density at radius 2 is 1.73 bits per heavy atom. The standard InChI is InChI=1S/C28H33N2O3/c1-30(19-9-12-23-11-8-18-29-21-23)20-10-17-26(30)22-33-27(31)28(32,24-13-4-2-5-14-24)25-15-6-3-7-16-25/h2-8,11,13-16,18,21,26,32H,9-10,12,17,19-20,22H2,1H3/q+1/t26-,30?/m1/s1. The van der Waals surface area contributed by atoms with Crippen molar-refractivity contribution in [3.05, 3.63) is 102 Å². The quantitative estimate of drug-likeness (QED) is 0.398. The third-order valence-corrected chi connectivity index (χ3v) is 7.03. The zero-order chi connectivity index (χ0) is 23.2. The second-order valence-electron chi connectivity index (χ2n) is 9.23. The average molecular weight is 446 g/mol. The molecule has 2 atom stereocenters. The van der Waals surface area contributed by atoms with E-state index >= 15 is 0 Å². The summed E-state index contributed by atoms with van der Waals surface area (Å²) < 4.78 is 6.74. The molecule has 4 rings (SSSR count). The number of ether oxygens (including phenoxy) is 1. The summed E-state index contributed by atoms with van der Waals surface area (Å²) in [5.74, 6) is -0.617. The molecule has 33 heavy (non-hydrogen) atoms. The van der Waals surface area contributed by atoms with Crippen LogP contribution in [0.4, 0.5) is 0 Å². The summed E-state index contributed by atoms with van der Waals surface area (Å²) in [6, 6.07) is 22.4. The normalized spacial score (nSPS) is 20.5. The summed E-state index contributed by atoms with van der Waals surface area (Å²) >= 11 is 0. The van der Waals surface area contributed by atoms with Gasteiger partial charge in [-0.2, -0.15) is 0 Å². The van der Waals surface area contributed by atoms with E-state index < -0.39 is 11.6 Å². The summed E-state index contributed by atoms with van der Waals surface area (Å²) in [6.45, 7) is 2.42. The number of hydrogen-bond donors (Lipinski definition) is 1. The van der Waals surface area contributed by atoms with Crippen LogP contribution in [0.5, 0.6) is 0 Å². The SMILES string of the molecule is C[N+]1(CCCc2cccnc2)CCC[C@@H]1COC(=O)C(O)(c1ccccc1)c1ccccc1. The lowest BCUT2D eigenvalue weighted by Gasteiger charge is -2.36. The van der Waals surface area contributed by atoms with E-state index in [-0.39, 0.29) is 6.04 Å². The number of nitrogens with zero attached hydrogens (tertiary/aromatic N) is 2. The molecule has 0 bridgehead atoms. The van der Waals surface area contributed by atoms with Crippen LogP contribution in [0.25, 0.3) is 0 Å². The summed E-state index contributed by atoms with van der Waals surface area (Å²) in [7, 11) is 2.26. The van der Waals surface area contributed by atoms with E-state index in [4.69, 9.17) is 4.74 Å². The highest BCUT2D eigenvalue weighted by molar-refractivity contribution is 5.85. The minimum absolute atomic E-state index is 0.235. The maximum Gasteiger partial charge on any atom is 0.347 e. The van der Waals surface area contributed by atoms with E-state index in [0.29, 0.717) is 17.7 Å². The monoisotopic (exact) mass is 445 g/mol. The van der Waals surface area contributed by atoms with Gasteiger partial charge in [-0.05, 0) is 29.2 Å². The van der Waals surface area contributed by atoms with Crippen molar-refractivity contribution in [3.8, 4) is 0 Å². The Morgan fingerprint density at radius 3 is 2.33 bits per heavy atom. The number of carbonyl (C=O) groups excluding carboxylic acids is 1. The highest BCUT2D eigenvalue weighted by Gasteiger charge is 2.44.